The molecule has 6 aromatic heterocycles. The smallest absolute Gasteiger partial charge is 0.0542 e. The van der Waals surface area contributed by atoms with Gasteiger partial charge >= 0.3 is 0 Å². The molecule has 6 heteroatoms. The van der Waals surface area contributed by atoms with Crippen LogP contribution in [0, 0.1) is 0 Å². The Kier molecular flexibility index (Phi) is 12.5. The molecule has 0 saturated carbocycles. The van der Waals surface area contributed by atoms with E-state index in [4.69, 9.17) is 0 Å². The fourth-order valence-electron chi connectivity index (χ4n) is 9.00. The van der Waals surface area contributed by atoms with Crippen LogP contribution in [0.1, 0.15) is 149 Å². The molecule has 0 spiro atoms. The van der Waals surface area contributed by atoms with E-state index in [0.29, 0.717) is 35.5 Å². The minimum Gasteiger partial charge on any atom is -0.140 e. The minimum atomic E-state index is 0.592. The highest BCUT2D eigenvalue weighted by atomic mass is 32.1. The Hall–Kier alpha value is -4.14. The summed E-state index contributed by atoms with van der Waals surface area (Å²) in [6, 6.07) is 42.2. The lowest BCUT2D eigenvalue weighted by molar-refractivity contribution is 0.869. The van der Waals surface area contributed by atoms with Crippen molar-refractivity contribution in [2.24, 2.45) is 0 Å². The van der Waals surface area contributed by atoms with Gasteiger partial charge in [-0.25, -0.2) is 0 Å². The van der Waals surface area contributed by atoms with Gasteiger partial charge < -0.3 is 0 Å². The molecule has 0 N–H and O–H groups in total. The highest BCUT2D eigenvalue weighted by Crippen LogP contribution is 2.46. The van der Waals surface area contributed by atoms with E-state index in [0.717, 1.165) is 0 Å². The first-order valence-electron chi connectivity index (χ1n) is 23.8. The maximum absolute atomic E-state index is 2.40. The highest BCUT2D eigenvalue weighted by molar-refractivity contribution is 7.36. The Morgan fingerprint density at radius 3 is 0.955 bits per heavy atom. The summed E-state index contributed by atoms with van der Waals surface area (Å²) in [6.07, 6.45) is 0. The first kappa shape index (κ1) is 45.6. The van der Waals surface area contributed by atoms with Crippen LogP contribution in [0.2, 0.25) is 0 Å². The van der Waals surface area contributed by atoms with Crippen molar-refractivity contribution in [3.05, 3.63) is 140 Å². The van der Waals surface area contributed by atoms with Crippen molar-refractivity contribution >= 4 is 159 Å². The summed E-state index contributed by atoms with van der Waals surface area (Å²) in [5.74, 6) is 3.61. The van der Waals surface area contributed by atoms with Gasteiger partial charge in [0.15, 0.2) is 0 Å². The van der Waals surface area contributed by atoms with Crippen LogP contribution in [0.15, 0.2) is 109 Å². The lowest BCUT2D eigenvalue weighted by Crippen LogP contribution is -1.84. The first-order chi connectivity index (χ1) is 31.6. The fourth-order valence-corrected chi connectivity index (χ4v) is 16.1. The Balaban J connectivity index is 0.000000116. The molecular weight excluding hydrogens is 913 g/mol. The number of hydrogen-bond donors (Lipinski definition) is 0. The Labute approximate surface area is 414 Å². The van der Waals surface area contributed by atoms with Crippen molar-refractivity contribution in [2.75, 3.05) is 0 Å². The molecule has 0 aliphatic heterocycles. The van der Waals surface area contributed by atoms with Gasteiger partial charge in [-0.15, -0.1) is 68.0 Å². The van der Waals surface area contributed by atoms with Crippen molar-refractivity contribution in [3.63, 3.8) is 0 Å². The second-order valence-electron chi connectivity index (χ2n) is 20.1. The zero-order chi connectivity index (χ0) is 46.3. The number of hydrogen-bond acceptors (Lipinski definition) is 6. The molecule has 336 valence electrons. The van der Waals surface area contributed by atoms with E-state index in [1.807, 2.05) is 68.0 Å². The molecule has 0 radical (unpaired) electrons. The molecule has 12 rings (SSSR count). The van der Waals surface area contributed by atoms with Gasteiger partial charge in [-0.2, -0.15) is 0 Å². The van der Waals surface area contributed by atoms with Crippen molar-refractivity contribution in [3.8, 4) is 0 Å². The van der Waals surface area contributed by atoms with Crippen LogP contribution in [-0.4, -0.2) is 0 Å². The summed E-state index contributed by atoms with van der Waals surface area (Å²) in [4.78, 5) is 5.93. The monoisotopic (exact) mass is 972 g/mol. The summed E-state index contributed by atoms with van der Waals surface area (Å²) < 4.78 is 11.4. The standard InChI is InChI=1S/3C20H20S2/c1-11(2)17-9-15-5-13-8-20-16(10-18(22-20)12(3)4)6-14(13)7-19(15)21-17;1-11(2)19-9-15-13-6-8-18-16(10-20(22-18)12(3)4)14(13)5-7-17(15)21-19;1-11(2)13-5-7-15-17(9-13)21-20-16-8-6-14(12(3)4)10-18(16)22-19(15)20/h3*5-12H,1-4H3. The van der Waals surface area contributed by atoms with Gasteiger partial charge in [0.2, 0.25) is 0 Å². The van der Waals surface area contributed by atoms with Crippen LogP contribution >= 0.6 is 68.0 Å². The molecular formula is C60H60S6. The SMILES string of the molecule is CC(C)c1cc2c(ccc3c4cc(C(C)C)sc4ccc23)s1.CC(C)c1cc2cc3cc4sc(C(C)C)cc4cc3cc2s1.CC(C)c1ccc2c(c1)sc1c3ccc(C(C)C)cc3sc21. The molecule has 0 saturated heterocycles. The van der Waals surface area contributed by atoms with Gasteiger partial charge in [0, 0.05) is 69.3 Å². The quantitative estimate of drug-likeness (QED) is 0.156. The first-order valence-corrected chi connectivity index (χ1v) is 28.7. The second kappa shape index (κ2) is 18.1. The number of rotatable bonds is 6. The molecule has 0 aliphatic carbocycles. The predicted octanol–water partition coefficient (Wildman–Crippen LogP) is 22.5. The Bertz CT molecular complexity index is 3410. The van der Waals surface area contributed by atoms with Crippen molar-refractivity contribution in [1.82, 2.24) is 0 Å². The van der Waals surface area contributed by atoms with Crippen molar-refractivity contribution in [2.45, 2.75) is 119 Å². The molecule has 0 aliphatic rings. The summed E-state index contributed by atoms with van der Waals surface area (Å²) >= 11 is 11.7. The molecule has 0 nitrogen and oxygen atoms in total. The third-order valence-corrected chi connectivity index (χ3v) is 21.2. The molecule has 0 bridgehead atoms. The molecule has 6 heterocycles. The van der Waals surface area contributed by atoms with E-state index in [2.05, 4.69) is 192 Å². The fraction of sp³-hybridized carbons (Fsp3) is 0.300. The predicted molar refractivity (Wildman–Crippen MR) is 309 cm³/mol. The molecule has 6 aromatic carbocycles. The van der Waals surface area contributed by atoms with Crippen molar-refractivity contribution in [1.29, 1.82) is 0 Å². The summed E-state index contributed by atoms with van der Waals surface area (Å²) in [6.45, 7) is 27.2. The summed E-state index contributed by atoms with van der Waals surface area (Å²) in [5.41, 5.74) is 2.88. The zero-order valence-electron chi connectivity index (χ0n) is 40.3. The minimum absolute atomic E-state index is 0.592. The normalized spacial score (nSPS) is 12.5. The second-order valence-corrected chi connectivity index (χ2v) is 26.6. The molecule has 0 fully saturated rings. The van der Waals surface area contributed by atoms with E-state index in [1.54, 1.807) is 0 Å². The molecule has 0 amide bonds. The van der Waals surface area contributed by atoms with Crippen LogP contribution in [0.3, 0.4) is 0 Å². The van der Waals surface area contributed by atoms with E-state index >= 15 is 0 Å². The lowest BCUT2D eigenvalue weighted by atomic mass is 10.0. The average molecular weight is 974 g/mol. The molecule has 66 heavy (non-hydrogen) atoms. The molecule has 12 aromatic rings. The molecule has 0 atom stereocenters. The van der Waals surface area contributed by atoms with Crippen LogP contribution in [-0.2, 0) is 0 Å². The highest BCUT2D eigenvalue weighted by Gasteiger charge is 2.16. The number of benzene rings is 6. The maximum atomic E-state index is 2.40. The largest absolute Gasteiger partial charge is 0.140 e. The van der Waals surface area contributed by atoms with Gasteiger partial charge in [-0.3, -0.25) is 0 Å². The van der Waals surface area contributed by atoms with Crippen LogP contribution in [0.4, 0.5) is 0 Å². The Morgan fingerprint density at radius 2 is 0.591 bits per heavy atom. The van der Waals surface area contributed by atoms with E-state index < -0.39 is 0 Å². The summed E-state index contributed by atoms with van der Waals surface area (Å²) in [5, 5.41) is 14.0. The van der Waals surface area contributed by atoms with E-state index in [1.165, 1.54) is 122 Å². The van der Waals surface area contributed by atoms with Gasteiger partial charge in [-0.1, -0.05) is 119 Å². The van der Waals surface area contributed by atoms with Gasteiger partial charge in [-0.05, 0) is 152 Å². The van der Waals surface area contributed by atoms with Gasteiger partial charge in [0.25, 0.3) is 0 Å². The number of fused-ring (bicyclic) bond motifs is 13. The zero-order valence-corrected chi connectivity index (χ0v) is 45.2. The number of thiophene rings is 6. The molecule has 0 unspecified atom stereocenters. The lowest BCUT2D eigenvalue weighted by Gasteiger charge is -2.04. The van der Waals surface area contributed by atoms with E-state index in [9.17, 15) is 0 Å². The van der Waals surface area contributed by atoms with E-state index in [-0.39, 0.29) is 0 Å². The van der Waals surface area contributed by atoms with Crippen LogP contribution < -0.4 is 0 Å². The third kappa shape index (κ3) is 8.54. The average Bonchev–Trinajstić information content (AvgIpc) is 4.14. The van der Waals surface area contributed by atoms with Crippen LogP contribution in [0.25, 0.3) is 91.5 Å². The topological polar surface area (TPSA) is 0 Å². The van der Waals surface area contributed by atoms with Crippen LogP contribution in [0.5, 0.6) is 0 Å². The van der Waals surface area contributed by atoms with Gasteiger partial charge in [0.05, 0.1) is 9.40 Å². The third-order valence-electron chi connectivity index (χ3n) is 13.1. The summed E-state index contributed by atoms with van der Waals surface area (Å²) in [7, 11) is 0. The maximum Gasteiger partial charge on any atom is 0.0542 e. The van der Waals surface area contributed by atoms with Crippen molar-refractivity contribution < 1.29 is 0 Å². The Morgan fingerprint density at radius 1 is 0.242 bits per heavy atom. The van der Waals surface area contributed by atoms with Gasteiger partial charge in [0.1, 0.15) is 0 Å².